The van der Waals surface area contributed by atoms with Crippen LogP contribution in [0.5, 0.6) is 0 Å². The standard InChI is InChI=1S/C19H21F3N4O/c1-25-8-6-13(7-9-25)26(2)17-5-3-4-16(23-17)24-19(27)18-14(21)10-12(20)11-15(18)22/h3-5,10-11,13H,6-9H2,1-2H3,(H,23,24,27). The van der Waals surface area contributed by atoms with Gasteiger partial charge in [0.05, 0.1) is 0 Å². The average molecular weight is 378 g/mol. The molecule has 1 aromatic carbocycles. The predicted molar refractivity (Wildman–Crippen MR) is 97.4 cm³/mol. The van der Waals surface area contributed by atoms with Crippen LogP contribution in [0.15, 0.2) is 30.3 Å². The van der Waals surface area contributed by atoms with E-state index in [9.17, 15) is 18.0 Å². The molecule has 1 fully saturated rings. The molecular weight excluding hydrogens is 357 g/mol. The van der Waals surface area contributed by atoms with Gasteiger partial charge in [-0.1, -0.05) is 6.07 Å². The van der Waals surface area contributed by atoms with E-state index in [2.05, 4.69) is 22.2 Å². The van der Waals surface area contributed by atoms with Crippen molar-refractivity contribution < 1.29 is 18.0 Å². The maximum absolute atomic E-state index is 13.8. The normalized spacial score (nSPS) is 15.6. The maximum Gasteiger partial charge on any atom is 0.262 e. The average Bonchev–Trinajstić information content (AvgIpc) is 2.61. The van der Waals surface area contributed by atoms with Crippen molar-refractivity contribution in [3.8, 4) is 0 Å². The van der Waals surface area contributed by atoms with E-state index in [0.29, 0.717) is 24.0 Å². The number of piperidine rings is 1. The molecule has 1 aliphatic heterocycles. The second-order valence-electron chi connectivity index (χ2n) is 6.72. The Bertz CT molecular complexity index is 814. The van der Waals surface area contributed by atoms with Crippen LogP contribution >= 0.6 is 0 Å². The quantitative estimate of drug-likeness (QED) is 0.887. The Hall–Kier alpha value is -2.61. The van der Waals surface area contributed by atoms with Crippen molar-refractivity contribution in [3.63, 3.8) is 0 Å². The predicted octanol–water partition coefficient (Wildman–Crippen LogP) is 3.28. The van der Waals surface area contributed by atoms with E-state index in [-0.39, 0.29) is 5.82 Å². The van der Waals surface area contributed by atoms with Gasteiger partial charge in [-0.25, -0.2) is 18.2 Å². The lowest BCUT2D eigenvalue weighted by atomic mass is 10.0. The number of nitrogens with one attached hydrogen (secondary N) is 1. The van der Waals surface area contributed by atoms with Gasteiger partial charge in [0, 0.05) is 25.2 Å². The van der Waals surface area contributed by atoms with Crippen LogP contribution in [0.3, 0.4) is 0 Å². The van der Waals surface area contributed by atoms with Gasteiger partial charge in [0.2, 0.25) is 0 Å². The van der Waals surface area contributed by atoms with Gasteiger partial charge in [0.1, 0.15) is 34.7 Å². The van der Waals surface area contributed by atoms with Gasteiger partial charge in [-0.2, -0.15) is 0 Å². The first kappa shape index (κ1) is 19.2. The molecule has 1 amide bonds. The summed E-state index contributed by atoms with van der Waals surface area (Å²) in [7, 11) is 4.02. The molecule has 5 nitrogen and oxygen atoms in total. The van der Waals surface area contributed by atoms with E-state index in [4.69, 9.17) is 0 Å². The molecule has 0 atom stereocenters. The van der Waals surface area contributed by atoms with Crippen molar-refractivity contribution in [1.29, 1.82) is 0 Å². The van der Waals surface area contributed by atoms with E-state index in [1.165, 1.54) is 6.07 Å². The third kappa shape index (κ3) is 4.39. The van der Waals surface area contributed by atoms with Gasteiger partial charge in [0.15, 0.2) is 0 Å². The van der Waals surface area contributed by atoms with Crippen molar-refractivity contribution in [2.45, 2.75) is 18.9 Å². The van der Waals surface area contributed by atoms with Gasteiger partial charge in [-0.3, -0.25) is 4.79 Å². The minimum atomic E-state index is -1.26. The zero-order chi connectivity index (χ0) is 19.6. The van der Waals surface area contributed by atoms with Crippen LogP contribution in [0.1, 0.15) is 23.2 Å². The number of carbonyl (C=O) groups is 1. The fourth-order valence-electron chi connectivity index (χ4n) is 3.20. The summed E-state index contributed by atoms with van der Waals surface area (Å²) in [5.74, 6) is -3.80. The number of nitrogens with zero attached hydrogens (tertiary/aromatic N) is 3. The molecule has 2 heterocycles. The summed E-state index contributed by atoms with van der Waals surface area (Å²) in [6.45, 7) is 1.99. The first-order chi connectivity index (χ1) is 12.8. The third-order valence-electron chi connectivity index (χ3n) is 4.81. The molecule has 144 valence electrons. The Morgan fingerprint density at radius 2 is 1.81 bits per heavy atom. The Kier molecular flexibility index (Phi) is 5.65. The minimum absolute atomic E-state index is 0.167. The lowest BCUT2D eigenvalue weighted by molar-refractivity contribution is 0.101. The molecule has 27 heavy (non-hydrogen) atoms. The lowest BCUT2D eigenvalue weighted by Crippen LogP contribution is -2.42. The smallest absolute Gasteiger partial charge is 0.262 e. The molecule has 1 saturated heterocycles. The number of benzene rings is 1. The molecule has 0 aliphatic carbocycles. The van der Waals surface area contributed by atoms with Crippen molar-refractivity contribution in [2.75, 3.05) is 37.4 Å². The fraction of sp³-hybridized carbons (Fsp3) is 0.368. The zero-order valence-corrected chi connectivity index (χ0v) is 15.2. The number of anilines is 2. The summed E-state index contributed by atoms with van der Waals surface area (Å²) in [4.78, 5) is 20.9. The SMILES string of the molecule is CN1CCC(N(C)c2cccc(NC(=O)c3c(F)cc(F)cc3F)n2)CC1. The minimum Gasteiger partial charge on any atom is -0.357 e. The molecule has 0 spiro atoms. The lowest BCUT2D eigenvalue weighted by Gasteiger charge is -2.35. The molecule has 0 radical (unpaired) electrons. The summed E-state index contributed by atoms with van der Waals surface area (Å²) >= 11 is 0. The molecule has 2 aromatic rings. The Balaban J connectivity index is 1.75. The van der Waals surface area contributed by atoms with Gasteiger partial charge < -0.3 is 15.1 Å². The van der Waals surface area contributed by atoms with E-state index < -0.39 is 28.9 Å². The number of amides is 1. The fourth-order valence-corrected chi connectivity index (χ4v) is 3.20. The van der Waals surface area contributed by atoms with Crippen LogP contribution in [-0.2, 0) is 0 Å². The zero-order valence-electron chi connectivity index (χ0n) is 15.2. The molecule has 8 heteroatoms. The van der Waals surface area contributed by atoms with Gasteiger partial charge in [-0.15, -0.1) is 0 Å². The van der Waals surface area contributed by atoms with Crippen LogP contribution in [-0.4, -0.2) is 49.0 Å². The first-order valence-electron chi connectivity index (χ1n) is 8.69. The number of halogens is 3. The van der Waals surface area contributed by atoms with Crippen molar-refractivity contribution in [1.82, 2.24) is 9.88 Å². The number of rotatable bonds is 4. The molecule has 1 N–H and O–H groups in total. The summed E-state index contributed by atoms with van der Waals surface area (Å²) in [6.07, 6.45) is 1.99. The van der Waals surface area contributed by atoms with Crippen molar-refractivity contribution >= 4 is 17.5 Å². The number of pyridine rings is 1. The van der Waals surface area contributed by atoms with E-state index in [1.54, 1.807) is 6.07 Å². The molecule has 0 bridgehead atoms. The molecule has 3 rings (SSSR count). The van der Waals surface area contributed by atoms with Gasteiger partial charge in [-0.05, 0) is 45.1 Å². The van der Waals surface area contributed by atoms with Crippen molar-refractivity contribution in [3.05, 3.63) is 53.3 Å². The highest BCUT2D eigenvalue weighted by Gasteiger charge is 2.23. The van der Waals surface area contributed by atoms with Crippen LogP contribution in [0.2, 0.25) is 0 Å². The molecule has 1 aliphatic rings. The molecule has 0 unspecified atom stereocenters. The Labute approximate surface area is 155 Å². The largest absolute Gasteiger partial charge is 0.357 e. The summed E-state index contributed by atoms with van der Waals surface area (Å²) in [6, 6.07) is 6.31. The highest BCUT2D eigenvalue weighted by atomic mass is 19.1. The summed E-state index contributed by atoms with van der Waals surface area (Å²) < 4.78 is 40.6. The second kappa shape index (κ2) is 7.96. The third-order valence-corrected chi connectivity index (χ3v) is 4.81. The van der Waals surface area contributed by atoms with Crippen LogP contribution in [0, 0.1) is 17.5 Å². The number of likely N-dealkylation sites (tertiary alicyclic amines) is 1. The molecule has 1 aromatic heterocycles. The number of hydrogen-bond acceptors (Lipinski definition) is 4. The Morgan fingerprint density at radius 1 is 1.19 bits per heavy atom. The van der Waals surface area contributed by atoms with Gasteiger partial charge in [0.25, 0.3) is 5.91 Å². The Morgan fingerprint density at radius 3 is 2.44 bits per heavy atom. The van der Waals surface area contributed by atoms with Crippen molar-refractivity contribution in [2.24, 2.45) is 0 Å². The number of hydrogen-bond donors (Lipinski definition) is 1. The van der Waals surface area contributed by atoms with E-state index >= 15 is 0 Å². The number of aromatic nitrogens is 1. The molecular formula is C19H21F3N4O. The van der Waals surface area contributed by atoms with Gasteiger partial charge >= 0.3 is 0 Å². The monoisotopic (exact) mass is 378 g/mol. The second-order valence-corrected chi connectivity index (χ2v) is 6.72. The highest BCUT2D eigenvalue weighted by molar-refractivity contribution is 6.04. The molecule has 0 saturated carbocycles. The van der Waals surface area contributed by atoms with Crippen LogP contribution in [0.25, 0.3) is 0 Å². The van der Waals surface area contributed by atoms with E-state index in [1.807, 2.05) is 18.0 Å². The summed E-state index contributed by atoms with van der Waals surface area (Å²) in [5, 5.41) is 2.38. The van der Waals surface area contributed by atoms with Crippen LogP contribution in [0.4, 0.5) is 24.8 Å². The van der Waals surface area contributed by atoms with E-state index in [0.717, 1.165) is 25.9 Å². The topological polar surface area (TPSA) is 48.5 Å². The first-order valence-corrected chi connectivity index (χ1v) is 8.69. The highest BCUT2D eigenvalue weighted by Crippen LogP contribution is 2.22. The summed E-state index contributed by atoms with van der Waals surface area (Å²) in [5.41, 5.74) is -0.840. The van der Waals surface area contributed by atoms with Crippen LogP contribution < -0.4 is 10.2 Å². The maximum atomic E-state index is 13.8. The number of carbonyl (C=O) groups excluding carboxylic acids is 1.